The Kier molecular flexibility index (Phi) is 6.48. The Morgan fingerprint density at radius 3 is 2.54 bits per heavy atom. The molecule has 0 aliphatic carbocycles. The molecule has 2 rings (SSSR count). The fourth-order valence-corrected chi connectivity index (χ4v) is 2.82. The summed E-state index contributed by atoms with van der Waals surface area (Å²) in [6, 6.07) is 5.73. The second-order valence-corrected chi connectivity index (χ2v) is 5.91. The number of hydrogen-bond donors (Lipinski definition) is 2. The maximum absolute atomic E-state index is 12.6. The molecule has 0 spiro atoms. The highest BCUT2D eigenvalue weighted by Gasteiger charge is 2.30. The first-order chi connectivity index (χ1) is 11.4. The smallest absolute Gasteiger partial charge is 0.357 e. The summed E-state index contributed by atoms with van der Waals surface area (Å²) in [6.45, 7) is 7.99. The maximum Gasteiger partial charge on any atom is 0.416 e. The lowest BCUT2D eigenvalue weighted by Crippen LogP contribution is -2.44. The van der Waals surface area contributed by atoms with Gasteiger partial charge >= 0.3 is 6.18 Å². The highest BCUT2D eigenvalue weighted by molar-refractivity contribution is 5.80. The maximum atomic E-state index is 12.6. The molecule has 7 heteroatoms. The Morgan fingerprint density at radius 2 is 1.96 bits per heavy atom. The number of guanidine groups is 1. The molecule has 0 radical (unpaired) electrons. The van der Waals surface area contributed by atoms with Gasteiger partial charge in [-0.15, -0.1) is 0 Å². The topological polar surface area (TPSA) is 39.7 Å². The molecule has 4 nitrogen and oxygen atoms in total. The number of nitrogens with zero attached hydrogens (tertiary/aromatic N) is 2. The molecule has 24 heavy (non-hydrogen) atoms. The van der Waals surface area contributed by atoms with Crippen molar-refractivity contribution in [3.63, 3.8) is 0 Å². The van der Waals surface area contributed by atoms with Crippen molar-refractivity contribution in [2.24, 2.45) is 4.99 Å². The number of nitrogens with one attached hydrogen (secondary N) is 2. The number of likely N-dealkylation sites (tertiary alicyclic amines) is 1. The quantitative estimate of drug-likeness (QED) is 0.638. The lowest BCUT2D eigenvalue weighted by Gasteiger charge is -2.19. The Hall–Kier alpha value is -1.76. The normalized spacial score (nSPS) is 19.5. The van der Waals surface area contributed by atoms with Crippen LogP contribution < -0.4 is 10.6 Å². The largest absolute Gasteiger partial charge is 0.416 e. The third-order valence-electron chi connectivity index (χ3n) is 3.96. The van der Waals surface area contributed by atoms with Gasteiger partial charge in [-0.25, -0.2) is 0 Å². The molecule has 1 atom stereocenters. The first-order valence-electron chi connectivity index (χ1n) is 8.35. The van der Waals surface area contributed by atoms with Crippen molar-refractivity contribution in [1.82, 2.24) is 15.5 Å². The van der Waals surface area contributed by atoms with E-state index in [-0.39, 0.29) is 0 Å². The Bertz CT molecular complexity index is 540. The lowest BCUT2D eigenvalue weighted by molar-refractivity contribution is -0.137. The summed E-state index contributed by atoms with van der Waals surface area (Å²) < 4.78 is 37.8. The zero-order valence-electron chi connectivity index (χ0n) is 14.2. The van der Waals surface area contributed by atoms with Crippen LogP contribution in [0.4, 0.5) is 13.2 Å². The molecule has 0 bridgehead atoms. The van der Waals surface area contributed by atoms with E-state index in [2.05, 4.69) is 20.5 Å². The van der Waals surface area contributed by atoms with E-state index in [1.807, 2.05) is 13.8 Å². The summed E-state index contributed by atoms with van der Waals surface area (Å²) >= 11 is 0. The monoisotopic (exact) mass is 342 g/mol. The minimum Gasteiger partial charge on any atom is -0.357 e. The Balaban J connectivity index is 1.86. The Morgan fingerprint density at radius 1 is 1.25 bits per heavy atom. The zero-order valence-corrected chi connectivity index (χ0v) is 14.2. The first kappa shape index (κ1) is 18.6. The number of alkyl halides is 3. The summed E-state index contributed by atoms with van der Waals surface area (Å²) in [7, 11) is 0. The molecule has 0 aromatic heterocycles. The number of rotatable bonds is 5. The van der Waals surface area contributed by atoms with E-state index in [0.717, 1.165) is 56.3 Å². The van der Waals surface area contributed by atoms with Crippen LogP contribution in [-0.4, -0.2) is 43.1 Å². The van der Waals surface area contributed by atoms with E-state index in [1.54, 1.807) is 12.1 Å². The number of hydrogen-bond acceptors (Lipinski definition) is 2. The van der Waals surface area contributed by atoms with Crippen molar-refractivity contribution in [3.05, 3.63) is 35.4 Å². The van der Waals surface area contributed by atoms with Crippen LogP contribution in [-0.2, 0) is 12.7 Å². The average Bonchev–Trinajstić information content (AvgIpc) is 2.94. The fourth-order valence-electron chi connectivity index (χ4n) is 2.82. The highest BCUT2D eigenvalue weighted by atomic mass is 19.4. The summed E-state index contributed by atoms with van der Waals surface area (Å²) in [6.07, 6.45) is -3.28. The second-order valence-electron chi connectivity index (χ2n) is 5.91. The second kappa shape index (κ2) is 8.37. The molecule has 1 unspecified atom stereocenters. The van der Waals surface area contributed by atoms with Crippen LogP contribution in [0.3, 0.4) is 0 Å². The van der Waals surface area contributed by atoms with Crippen LogP contribution >= 0.6 is 0 Å². The molecule has 2 N–H and O–H groups in total. The fraction of sp³-hybridized carbons (Fsp3) is 0.588. The van der Waals surface area contributed by atoms with Crippen molar-refractivity contribution < 1.29 is 13.2 Å². The highest BCUT2D eigenvalue weighted by Crippen LogP contribution is 2.29. The van der Waals surface area contributed by atoms with Gasteiger partial charge in [-0.05, 0) is 38.0 Å². The van der Waals surface area contributed by atoms with Crippen LogP contribution in [0.2, 0.25) is 0 Å². The standard InChI is InChI=1S/C17H25F3N4/c1-3-21-16(22-4-2)23-15-9-10-24(12-15)11-13-5-7-14(8-6-13)17(18,19)20/h5-8,15H,3-4,9-12H2,1-2H3,(H2,21,22,23). The summed E-state index contributed by atoms with van der Waals surface area (Å²) in [4.78, 5) is 6.63. The molecule has 1 heterocycles. The molecule has 1 aliphatic rings. The van der Waals surface area contributed by atoms with Gasteiger partial charge in [-0.2, -0.15) is 13.2 Å². The van der Waals surface area contributed by atoms with Crippen molar-refractivity contribution >= 4 is 5.96 Å². The number of aliphatic imine (C=N–C) groups is 1. The molecular weight excluding hydrogens is 317 g/mol. The third kappa shape index (κ3) is 5.40. The summed E-state index contributed by atoms with van der Waals surface area (Å²) in [5.41, 5.74) is 0.302. The average molecular weight is 342 g/mol. The SMILES string of the molecule is CCN=C(NCC)NC1CCN(Cc2ccc(C(F)(F)F)cc2)C1. The summed E-state index contributed by atoms with van der Waals surface area (Å²) in [5, 5.41) is 6.62. The van der Waals surface area contributed by atoms with Crippen molar-refractivity contribution in [2.45, 2.75) is 39.0 Å². The predicted molar refractivity (Wildman–Crippen MR) is 89.9 cm³/mol. The van der Waals surface area contributed by atoms with Crippen LogP contribution in [0.15, 0.2) is 29.3 Å². The number of benzene rings is 1. The van der Waals surface area contributed by atoms with E-state index in [4.69, 9.17) is 0 Å². The Labute approximate surface area is 141 Å². The van der Waals surface area contributed by atoms with Crippen LogP contribution in [0.5, 0.6) is 0 Å². The van der Waals surface area contributed by atoms with Crippen LogP contribution in [0.25, 0.3) is 0 Å². The molecule has 0 saturated carbocycles. The molecule has 1 aliphatic heterocycles. The third-order valence-corrected chi connectivity index (χ3v) is 3.96. The van der Waals surface area contributed by atoms with Crippen molar-refractivity contribution in [3.8, 4) is 0 Å². The van der Waals surface area contributed by atoms with Gasteiger partial charge in [0, 0.05) is 38.8 Å². The van der Waals surface area contributed by atoms with Crippen LogP contribution in [0, 0.1) is 0 Å². The predicted octanol–water partition coefficient (Wildman–Crippen LogP) is 2.85. The van der Waals surface area contributed by atoms with Crippen LogP contribution in [0.1, 0.15) is 31.4 Å². The van der Waals surface area contributed by atoms with Gasteiger partial charge in [0.25, 0.3) is 0 Å². The van der Waals surface area contributed by atoms with Gasteiger partial charge in [0.05, 0.1) is 5.56 Å². The first-order valence-corrected chi connectivity index (χ1v) is 8.35. The van der Waals surface area contributed by atoms with Gasteiger partial charge in [0.2, 0.25) is 0 Å². The molecule has 1 fully saturated rings. The van der Waals surface area contributed by atoms with Gasteiger partial charge in [-0.3, -0.25) is 9.89 Å². The molecular formula is C17H25F3N4. The van der Waals surface area contributed by atoms with E-state index in [1.165, 1.54) is 0 Å². The molecule has 1 aromatic carbocycles. The van der Waals surface area contributed by atoms with Crippen molar-refractivity contribution in [2.75, 3.05) is 26.2 Å². The van der Waals surface area contributed by atoms with Gasteiger partial charge in [0.15, 0.2) is 5.96 Å². The zero-order chi connectivity index (χ0) is 17.6. The molecule has 0 amide bonds. The number of halogens is 3. The molecule has 134 valence electrons. The molecule has 1 aromatic rings. The van der Waals surface area contributed by atoms with E-state index >= 15 is 0 Å². The summed E-state index contributed by atoms with van der Waals surface area (Å²) in [5.74, 6) is 0.821. The van der Waals surface area contributed by atoms with E-state index < -0.39 is 11.7 Å². The van der Waals surface area contributed by atoms with Gasteiger partial charge in [-0.1, -0.05) is 12.1 Å². The van der Waals surface area contributed by atoms with E-state index in [0.29, 0.717) is 12.6 Å². The van der Waals surface area contributed by atoms with Crippen molar-refractivity contribution in [1.29, 1.82) is 0 Å². The van der Waals surface area contributed by atoms with E-state index in [9.17, 15) is 13.2 Å². The minimum atomic E-state index is -4.28. The van der Waals surface area contributed by atoms with Gasteiger partial charge < -0.3 is 10.6 Å². The minimum absolute atomic E-state index is 0.309. The lowest BCUT2D eigenvalue weighted by atomic mass is 10.1. The molecule has 1 saturated heterocycles. The van der Waals surface area contributed by atoms with Gasteiger partial charge in [0.1, 0.15) is 0 Å².